The Morgan fingerprint density at radius 2 is 2.00 bits per heavy atom. The van der Waals surface area contributed by atoms with E-state index >= 15 is 0 Å². The van der Waals surface area contributed by atoms with Crippen LogP contribution in [0.1, 0.15) is 11.3 Å². The molecule has 0 unspecified atom stereocenters. The highest BCUT2D eigenvalue weighted by molar-refractivity contribution is 9.10. The maximum absolute atomic E-state index is 13.5. The van der Waals surface area contributed by atoms with E-state index in [2.05, 4.69) is 20.9 Å². The average Bonchev–Trinajstić information content (AvgIpc) is 2.20. The fourth-order valence-corrected chi connectivity index (χ4v) is 2.42. The molecule has 0 saturated heterocycles. The number of nitrogens with zero attached hydrogens (tertiary/aromatic N) is 1. The molecule has 0 spiro atoms. The minimum Gasteiger partial charge on any atom is -0.250 e. The molecule has 2 aromatic rings. The number of hydrogen-bond donors (Lipinski definition) is 0. The van der Waals surface area contributed by atoms with Crippen LogP contribution in [0.4, 0.5) is 4.39 Å². The summed E-state index contributed by atoms with van der Waals surface area (Å²) in [4.78, 5) is 4.21. The summed E-state index contributed by atoms with van der Waals surface area (Å²) in [5.74, 6) is -0.349. The van der Waals surface area contributed by atoms with E-state index in [0.717, 1.165) is 15.7 Å². The predicted octanol–water partition coefficient (Wildman–Crippen LogP) is 4.41. The quantitative estimate of drug-likeness (QED) is 0.700. The van der Waals surface area contributed by atoms with Crippen LogP contribution in [0.3, 0.4) is 0 Å². The molecule has 78 valence electrons. The van der Waals surface area contributed by atoms with Crippen LogP contribution in [-0.4, -0.2) is 4.98 Å². The second-order valence-corrected chi connectivity index (χ2v) is 4.62. The Bertz CT molecular complexity index is 554. The lowest BCUT2D eigenvalue weighted by Gasteiger charge is -2.08. The summed E-state index contributed by atoms with van der Waals surface area (Å²) in [6.45, 7) is 3.70. The SMILES string of the molecule is Cc1nc2c(F)ccc(Br)c2c(Cl)c1C. The van der Waals surface area contributed by atoms with Crippen LogP contribution in [0.15, 0.2) is 16.6 Å². The van der Waals surface area contributed by atoms with E-state index in [4.69, 9.17) is 11.6 Å². The van der Waals surface area contributed by atoms with Crippen LogP contribution in [0.25, 0.3) is 10.9 Å². The number of aromatic nitrogens is 1. The smallest absolute Gasteiger partial charge is 0.149 e. The first-order valence-corrected chi connectivity index (χ1v) is 5.60. The van der Waals surface area contributed by atoms with Gasteiger partial charge >= 0.3 is 0 Å². The number of fused-ring (bicyclic) bond motifs is 1. The molecule has 1 nitrogen and oxygen atoms in total. The van der Waals surface area contributed by atoms with Gasteiger partial charge in [0.25, 0.3) is 0 Å². The number of pyridine rings is 1. The van der Waals surface area contributed by atoms with E-state index in [1.54, 1.807) is 6.07 Å². The van der Waals surface area contributed by atoms with Crippen molar-refractivity contribution in [1.29, 1.82) is 0 Å². The Morgan fingerprint density at radius 3 is 2.67 bits per heavy atom. The van der Waals surface area contributed by atoms with Gasteiger partial charge in [-0.15, -0.1) is 0 Å². The van der Waals surface area contributed by atoms with Gasteiger partial charge in [-0.25, -0.2) is 9.37 Å². The molecule has 1 heterocycles. The van der Waals surface area contributed by atoms with Gasteiger partial charge in [0.1, 0.15) is 11.3 Å². The maximum Gasteiger partial charge on any atom is 0.149 e. The third-order valence-electron chi connectivity index (χ3n) is 2.45. The van der Waals surface area contributed by atoms with Gasteiger partial charge < -0.3 is 0 Å². The molecule has 0 saturated carbocycles. The van der Waals surface area contributed by atoms with E-state index < -0.39 is 0 Å². The Balaban J connectivity index is 3.04. The molecule has 0 amide bonds. The zero-order valence-electron chi connectivity index (χ0n) is 8.24. The lowest BCUT2D eigenvalue weighted by Crippen LogP contribution is -1.93. The monoisotopic (exact) mass is 287 g/mol. The Kier molecular flexibility index (Phi) is 2.69. The predicted molar refractivity (Wildman–Crippen MR) is 63.9 cm³/mol. The summed E-state index contributed by atoms with van der Waals surface area (Å²) in [5.41, 5.74) is 1.96. The van der Waals surface area contributed by atoms with Crippen LogP contribution in [0, 0.1) is 19.7 Å². The van der Waals surface area contributed by atoms with Crippen molar-refractivity contribution in [3.63, 3.8) is 0 Å². The van der Waals surface area contributed by atoms with Crippen molar-refractivity contribution in [2.45, 2.75) is 13.8 Å². The molecule has 15 heavy (non-hydrogen) atoms. The van der Waals surface area contributed by atoms with Gasteiger partial charge in [-0.2, -0.15) is 0 Å². The summed E-state index contributed by atoms with van der Waals surface area (Å²) in [5, 5.41) is 1.20. The van der Waals surface area contributed by atoms with Gasteiger partial charge in [-0.3, -0.25) is 0 Å². The second kappa shape index (κ2) is 3.72. The van der Waals surface area contributed by atoms with Gasteiger partial charge in [-0.1, -0.05) is 27.5 Å². The number of aryl methyl sites for hydroxylation is 1. The molecule has 0 atom stereocenters. The number of hydrogen-bond acceptors (Lipinski definition) is 1. The van der Waals surface area contributed by atoms with E-state index in [1.165, 1.54) is 6.07 Å². The summed E-state index contributed by atoms with van der Waals surface area (Å²) in [6.07, 6.45) is 0. The van der Waals surface area contributed by atoms with Gasteiger partial charge in [0.15, 0.2) is 0 Å². The molecule has 1 aromatic heterocycles. The van der Waals surface area contributed by atoms with E-state index in [1.807, 2.05) is 13.8 Å². The summed E-state index contributed by atoms with van der Waals surface area (Å²) < 4.78 is 14.3. The second-order valence-electron chi connectivity index (χ2n) is 3.39. The maximum atomic E-state index is 13.5. The third-order valence-corrected chi connectivity index (χ3v) is 3.58. The van der Waals surface area contributed by atoms with Crippen molar-refractivity contribution < 1.29 is 4.39 Å². The van der Waals surface area contributed by atoms with Crippen LogP contribution < -0.4 is 0 Å². The standard InChI is InChI=1S/C11H8BrClFN/c1-5-6(2)15-11-8(14)4-3-7(12)9(11)10(5)13/h3-4H,1-2H3. The molecule has 2 rings (SSSR count). The zero-order valence-corrected chi connectivity index (χ0v) is 10.6. The number of benzene rings is 1. The van der Waals surface area contributed by atoms with Gasteiger partial charge in [-0.05, 0) is 31.5 Å². The minimum atomic E-state index is -0.349. The van der Waals surface area contributed by atoms with E-state index in [-0.39, 0.29) is 5.82 Å². The van der Waals surface area contributed by atoms with Crippen molar-refractivity contribution >= 4 is 38.4 Å². The lowest BCUT2D eigenvalue weighted by molar-refractivity contribution is 0.636. The highest BCUT2D eigenvalue weighted by Gasteiger charge is 2.13. The molecule has 0 aliphatic carbocycles. The molecule has 0 fully saturated rings. The fraction of sp³-hybridized carbons (Fsp3) is 0.182. The molecule has 0 radical (unpaired) electrons. The van der Waals surface area contributed by atoms with Crippen molar-refractivity contribution in [1.82, 2.24) is 4.98 Å². The summed E-state index contributed by atoms with van der Waals surface area (Å²) in [6, 6.07) is 3.02. The van der Waals surface area contributed by atoms with Crippen LogP contribution in [-0.2, 0) is 0 Å². The number of rotatable bonds is 0. The highest BCUT2D eigenvalue weighted by atomic mass is 79.9. The molecule has 0 bridgehead atoms. The highest BCUT2D eigenvalue weighted by Crippen LogP contribution is 2.34. The first-order chi connectivity index (χ1) is 7.02. The normalized spacial score (nSPS) is 11.0. The lowest BCUT2D eigenvalue weighted by atomic mass is 10.1. The third kappa shape index (κ3) is 1.64. The van der Waals surface area contributed by atoms with E-state index in [9.17, 15) is 4.39 Å². The molecule has 0 aliphatic heterocycles. The molecule has 4 heteroatoms. The average molecular weight is 289 g/mol. The van der Waals surface area contributed by atoms with Gasteiger partial charge in [0.05, 0.1) is 5.02 Å². The summed E-state index contributed by atoms with van der Waals surface area (Å²) in [7, 11) is 0. The molecule has 1 aromatic carbocycles. The van der Waals surface area contributed by atoms with Gasteiger partial charge in [0, 0.05) is 15.6 Å². The van der Waals surface area contributed by atoms with Crippen molar-refractivity contribution in [3.05, 3.63) is 38.7 Å². The Hall–Kier alpha value is -0.670. The van der Waals surface area contributed by atoms with Crippen molar-refractivity contribution in [2.75, 3.05) is 0 Å². The largest absolute Gasteiger partial charge is 0.250 e. The molecular formula is C11H8BrClFN. The number of halogens is 3. The van der Waals surface area contributed by atoms with Gasteiger partial charge in [0.2, 0.25) is 0 Å². The summed E-state index contributed by atoms with van der Waals surface area (Å²) >= 11 is 9.52. The topological polar surface area (TPSA) is 12.9 Å². The van der Waals surface area contributed by atoms with Crippen molar-refractivity contribution in [3.8, 4) is 0 Å². The molecule has 0 N–H and O–H groups in total. The minimum absolute atomic E-state index is 0.317. The molecule has 0 aliphatic rings. The first-order valence-electron chi connectivity index (χ1n) is 4.42. The van der Waals surface area contributed by atoms with Crippen LogP contribution in [0.2, 0.25) is 5.02 Å². The Labute approximate surface area is 100 Å². The molecular weight excluding hydrogens is 280 g/mol. The van der Waals surface area contributed by atoms with Crippen LogP contribution in [0.5, 0.6) is 0 Å². The van der Waals surface area contributed by atoms with E-state index in [0.29, 0.717) is 15.9 Å². The van der Waals surface area contributed by atoms with Crippen LogP contribution >= 0.6 is 27.5 Å². The first kappa shape index (κ1) is 10.8. The van der Waals surface area contributed by atoms with Crippen molar-refractivity contribution in [2.24, 2.45) is 0 Å². The fourth-order valence-electron chi connectivity index (χ4n) is 1.46. The Morgan fingerprint density at radius 1 is 1.33 bits per heavy atom. The zero-order chi connectivity index (χ0) is 11.2.